The van der Waals surface area contributed by atoms with Gasteiger partial charge in [0.2, 0.25) is 0 Å². The number of imide groups is 1. The van der Waals surface area contributed by atoms with Crippen LogP contribution in [0.15, 0.2) is 54.6 Å². The molecule has 0 aromatic heterocycles. The number of halogens is 3. The van der Waals surface area contributed by atoms with Crippen LogP contribution in [0.5, 0.6) is 0 Å². The fraction of sp³-hybridized carbons (Fsp3) is 0.364. The van der Waals surface area contributed by atoms with E-state index < -0.39 is 23.8 Å². The number of hydrogen-bond acceptors (Lipinski definition) is 4. The maximum atomic E-state index is 13.0. The average molecular weight is 432 g/mol. The summed E-state index contributed by atoms with van der Waals surface area (Å²) in [5.74, 6) is -0.255. The smallest absolute Gasteiger partial charge is 0.369 e. The number of piperazine rings is 1. The zero-order valence-electron chi connectivity index (χ0n) is 16.8. The van der Waals surface area contributed by atoms with E-state index in [1.807, 2.05) is 40.1 Å². The van der Waals surface area contributed by atoms with Crippen molar-refractivity contribution >= 4 is 17.6 Å². The number of anilines is 1. The minimum Gasteiger partial charge on any atom is -0.369 e. The molecule has 0 bridgehead atoms. The highest BCUT2D eigenvalue weighted by Gasteiger charge is 2.39. The fourth-order valence-electron chi connectivity index (χ4n) is 3.93. The third kappa shape index (κ3) is 4.82. The maximum absolute atomic E-state index is 13.0. The number of carbonyl (C=O) groups is 2. The molecule has 0 spiro atoms. The van der Waals surface area contributed by atoms with Crippen molar-refractivity contribution < 1.29 is 22.8 Å². The SMILES string of the molecule is O=C1N[C@@H](Cc2ccccc2)C(=O)N1CN1CCN(c2cccc(C(F)(F)F)c2)CC1. The van der Waals surface area contributed by atoms with Crippen LogP contribution in [0.2, 0.25) is 0 Å². The van der Waals surface area contributed by atoms with E-state index in [9.17, 15) is 22.8 Å². The number of nitrogens with zero attached hydrogens (tertiary/aromatic N) is 3. The van der Waals surface area contributed by atoms with Crippen LogP contribution in [0.4, 0.5) is 23.7 Å². The highest BCUT2D eigenvalue weighted by Crippen LogP contribution is 2.31. The lowest BCUT2D eigenvalue weighted by Gasteiger charge is -2.37. The molecule has 4 rings (SSSR count). The molecular formula is C22H23F3N4O2. The van der Waals surface area contributed by atoms with Crippen LogP contribution >= 0.6 is 0 Å². The lowest BCUT2D eigenvalue weighted by Crippen LogP contribution is -2.51. The molecule has 0 aliphatic carbocycles. The molecule has 31 heavy (non-hydrogen) atoms. The molecular weight excluding hydrogens is 409 g/mol. The van der Waals surface area contributed by atoms with Gasteiger partial charge < -0.3 is 10.2 Å². The fourth-order valence-corrected chi connectivity index (χ4v) is 3.93. The van der Waals surface area contributed by atoms with Gasteiger partial charge in [-0.05, 0) is 23.8 Å². The Labute approximate surface area is 178 Å². The first-order valence-corrected chi connectivity index (χ1v) is 10.1. The monoisotopic (exact) mass is 432 g/mol. The molecule has 164 valence electrons. The first-order valence-electron chi connectivity index (χ1n) is 10.1. The van der Waals surface area contributed by atoms with Crippen molar-refractivity contribution in [2.24, 2.45) is 0 Å². The number of amides is 3. The van der Waals surface area contributed by atoms with Crippen LogP contribution in [0.3, 0.4) is 0 Å². The molecule has 1 N–H and O–H groups in total. The van der Waals surface area contributed by atoms with Crippen molar-refractivity contribution in [2.45, 2.75) is 18.6 Å². The number of alkyl halides is 3. The maximum Gasteiger partial charge on any atom is 0.416 e. The molecule has 1 atom stereocenters. The van der Waals surface area contributed by atoms with Crippen molar-refractivity contribution in [3.8, 4) is 0 Å². The minimum atomic E-state index is -4.38. The highest BCUT2D eigenvalue weighted by molar-refractivity contribution is 6.04. The average Bonchev–Trinajstić information content (AvgIpc) is 3.02. The first-order chi connectivity index (χ1) is 14.8. The Kier molecular flexibility index (Phi) is 5.86. The summed E-state index contributed by atoms with van der Waals surface area (Å²) in [6.07, 6.45) is -3.94. The molecule has 6 nitrogen and oxygen atoms in total. The Morgan fingerprint density at radius 1 is 0.935 bits per heavy atom. The first kappa shape index (κ1) is 21.2. The van der Waals surface area contributed by atoms with E-state index in [1.165, 1.54) is 11.0 Å². The molecule has 2 fully saturated rings. The lowest BCUT2D eigenvalue weighted by molar-refractivity contribution is -0.137. The summed E-state index contributed by atoms with van der Waals surface area (Å²) in [4.78, 5) is 30.1. The molecule has 0 unspecified atom stereocenters. The van der Waals surface area contributed by atoms with Crippen LogP contribution in [-0.2, 0) is 17.4 Å². The van der Waals surface area contributed by atoms with Crippen molar-refractivity contribution in [1.29, 1.82) is 0 Å². The van der Waals surface area contributed by atoms with Gasteiger partial charge in [-0.25, -0.2) is 9.69 Å². The zero-order valence-corrected chi connectivity index (χ0v) is 16.8. The van der Waals surface area contributed by atoms with Gasteiger partial charge in [-0.3, -0.25) is 9.69 Å². The Morgan fingerprint density at radius 2 is 1.65 bits per heavy atom. The van der Waals surface area contributed by atoms with Crippen molar-refractivity contribution in [2.75, 3.05) is 37.7 Å². The molecule has 3 amide bonds. The second-order valence-electron chi connectivity index (χ2n) is 7.75. The third-order valence-corrected chi connectivity index (χ3v) is 5.64. The van der Waals surface area contributed by atoms with E-state index in [0.29, 0.717) is 38.3 Å². The zero-order chi connectivity index (χ0) is 22.0. The summed E-state index contributed by atoms with van der Waals surface area (Å²) in [5, 5.41) is 2.74. The van der Waals surface area contributed by atoms with Gasteiger partial charge in [0.25, 0.3) is 5.91 Å². The number of carbonyl (C=O) groups excluding carboxylic acids is 2. The summed E-state index contributed by atoms with van der Waals surface area (Å²) < 4.78 is 38.9. The van der Waals surface area contributed by atoms with Gasteiger partial charge in [0.1, 0.15) is 6.04 Å². The third-order valence-electron chi connectivity index (χ3n) is 5.64. The van der Waals surface area contributed by atoms with Gasteiger partial charge in [-0.1, -0.05) is 36.4 Å². The van der Waals surface area contributed by atoms with Crippen LogP contribution in [-0.4, -0.2) is 60.6 Å². The normalized spacial score (nSPS) is 20.3. The molecule has 2 aliphatic heterocycles. The Morgan fingerprint density at radius 3 is 2.32 bits per heavy atom. The summed E-state index contributed by atoms with van der Waals surface area (Å²) in [7, 11) is 0. The van der Waals surface area contributed by atoms with Gasteiger partial charge in [0.15, 0.2) is 0 Å². The summed E-state index contributed by atoms with van der Waals surface area (Å²) in [6.45, 7) is 2.27. The predicted molar refractivity (Wildman–Crippen MR) is 109 cm³/mol. The number of urea groups is 1. The van der Waals surface area contributed by atoms with Crippen LogP contribution in [0, 0.1) is 0 Å². The van der Waals surface area contributed by atoms with Gasteiger partial charge in [0, 0.05) is 38.3 Å². The van der Waals surface area contributed by atoms with Gasteiger partial charge in [0.05, 0.1) is 12.2 Å². The molecule has 2 aromatic rings. The number of rotatable bonds is 5. The van der Waals surface area contributed by atoms with E-state index in [2.05, 4.69) is 5.32 Å². The summed E-state index contributed by atoms with van der Waals surface area (Å²) >= 11 is 0. The Balaban J connectivity index is 1.33. The van der Waals surface area contributed by atoms with Crippen molar-refractivity contribution in [3.63, 3.8) is 0 Å². The van der Waals surface area contributed by atoms with Crippen LogP contribution in [0.1, 0.15) is 11.1 Å². The largest absolute Gasteiger partial charge is 0.416 e. The standard InChI is InChI=1S/C22H23F3N4O2/c23-22(24,25)17-7-4-8-18(14-17)28-11-9-27(10-12-28)15-29-20(30)19(26-21(29)31)13-16-5-2-1-3-6-16/h1-8,14,19H,9-13,15H2,(H,26,31)/t19-/m0/s1. The van der Waals surface area contributed by atoms with Crippen LogP contribution < -0.4 is 10.2 Å². The lowest BCUT2D eigenvalue weighted by atomic mass is 10.1. The number of benzene rings is 2. The molecule has 9 heteroatoms. The quantitative estimate of drug-likeness (QED) is 0.739. The molecule has 0 radical (unpaired) electrons. The Hall–Kier alpha value is -3.07. The summed E-state index contributed by atoms with van der Waals surface area (Å²) in [6, 6.07) is 13.8. The van der Waals surface area contributed by atoms with E-state index in [4.69, 9.17) is 0 Å². The minimum absolute atomic E-state index is 0.173. The molecule has 2 heterocycles. The van der Waals surface area contributed by atoms with Crippen molar-refractivity contribution in [1.82, 2.24) is 15.1 Å². The van der Waals surface area contributed by atoms with E-state index in [-0.39, 0.29) is 12.6 Å². The van der Waals surface area contributed by atoms with E-state index >= 15 is 0 Å². The molecule has 2 aromatic carbocycles. The molecule has 2 saturated heterocycles. The van der Waals surface area contributed by atoms with Crippen molar-refractivity contribution in [3.05, 3.63) is 65.7 Å². The molecule has 0 saturated carbocycles. The van der Waals surface area contributed by atoms with Gasteiger partial charge in [-0.15, -0.1) is 0 Å². The van der Waals surface area contributed by atoms with Crippen LogP contribution in [0.25, 0.3) is 0 Å². The second kappa shape index (κ2) is 8.58. The topological polar surface area (TPSA) is 55.9 Å². The summed E-state index contributed by atoms with van der Waals surface area (Å²) in [5.41, 5.74) is 0.821. The van der Waals surface area contributed by atoms with E-state index in [0.717, 1.165) is 17.7 Å². The highest BCUT2D eigenvalue weighted by atomic mass is 19.4. The number of hydrogen-bond donors (Lipinski definition) is 1. The number of nitrogens with one attached hydrogen (secondary N) is 1. The predicted octanol–water partition coefficient (Wildman–Crippen LogP) is 2.95. The van der Waals surface area contributed by atoms with E-state index in [1.54, 1.807) is 6.07 Å². The van der Waals surface area contributed by atoms with Gasteiger partial charge in [-0.2, -0.15) is 13.2 Å². The van der Waals surface area contributed by atoms with Gasteiger partial charge >= 0.3 is 12.2 Å². The Bertz CT molecular complexity index is 943. The second-order valence-corrected chi connectivity index (χ2v) is 7.75. The molecule has 2 aliphatic rings.